The van der Waals surface area contributed by atoms with Crippen molar-refractivity contribution in [3.05, 3.63) is 12.2 Å². The van der Waals surface area contributed by atoms with E-state index in [0.717, 1.165) is 38.5 Å². The molecule has 0 radical (unpaired) electrons. The summed E-state index contributed by atoms with van der Waals surface area (Å²) in [5.41, 5.74) is -0.635. The van der Waals surface area contributed by atoms with Gasteiger partial charge in [-0.15, -0.1) is 0 Å². The van der Waals surface area contributed by atoms with Gasteiger partial charge in [0.2, 0.25) is 0 Å². The topological polar surface area (TPSA) is 61.4 Å². The fourth-order valence-corrected chi connectivity index (χ4v) is 2.17. The highest BCUT2D eigenvalue weighted by Gasteiger charge is 2.34. The van der Waals surface area contributed by atoms with Gasteiger partial charge >= 0.3 is 6.03 Å². The molecule has 16 heavy (non-hydrogen) atoms. The normalized spacial score (nSPS) is 26.9. The fourth-order valence-electron chi connectivity index (χ4n) is 2.17. The summed E-state index contributed by atoms with van der Waals surface area (Å²) in [5.74, 6) is 0. The van der Waals surface area contributed by atoms with E-state index in [1.165, 1.54) is 0 Å². The maximum Gasteiger partial charge on any atom is 0.315 e. The molecule has 4 heteroatoms. The minimum atomic E-state index is -0.635. The molecule has 1 unspecified atom stereocenters. The highest BCUT2D eigenvalue weighted by atomic mass is 16.3. The zero-order valence-corrected chi connectivity index (χ0v) is 9.54. The molecule has 2 rings (SSSR count). The van der Waals surface area contributed by atoms with Crippen molar-refractivity contribution in [3.63, 3.8) is 0 Å². The van der Waals surface area contributed by atoms with Gasteiger partial charge in [-0.3, -0.25) is 0 Å². The molecule has 0 bridgehead atoms. The summed E-state index contributed by atoms with van der Waals surface area (Å²) >= 11 is 0. The van der Waals surface area contributed by atoms with Crippen LogP contribution < -0.4 is 10.6 Å². The van der Waals surface area contributed by atoms with Gasteiger partial charge in [0.05, 0.1) is 5.60 Å². The van der Waals surface area contributed by atoms with Gasteiger partial charge in [-0.05, 0) is 38.5 Å². The molecular formula is C12H20N2O2. The van der Waals surface area contributed by atoms with Gasteiger partial charge in [0, 0.05) is 12.6 Å². The Balaban J connectivity index is 1.65. The van der Waals surface area contributed by atoms with Gasteiger partial charge in [-0.25, -0.2) is 4.79 Å². The summed E-state index contributed by atoms with van der Waals surface area (Å²) in [7, 11) is 0. The van der Waals surface area contributed by atoms with E-state index in [1.807, 2.05) is 0 Å². The van der Waals surface area contributed by atoms with E-state index >= 15 is 0 Å². The first-order chi connectivity index (χ1) is 7.68. The van der Waals surface area contributed by atoms with Gasteiger partial charge in [0.25, 0.3) is 0 Å². The molecule has 0 heterocycles. The van der Waals surface area contributed by atoms with Crippen LogP contribution in [0.2, 0.25) is 0 Å². The van der Waals surface area contributed by atoms with Gasteiger partial charge in [-0.2, -0.15) is 0 Å². The molecule has 0 aromatic rings. The number of hydrogen-bond acceptors (Lipinski definition) is 2. The average molecular weight is 224 g/mol. The smallest absolute Gasteiger partial charge is 0.315 e. The Morgan fingerprint density at radius 3 is 2.81 bits per heavy atom. The van der Waals surface area contributed by atoms with E-state index < -0.39 is 5.60 Å². The van der Waals surface area contributed by atoms with Crippen molar-refractivity contribution in [2.24, 2.45) is 0 Å². The molecule has 2 amide bonds. The van der Waals surface area contributed by atoms with Crippen LogP contribution >= 0.6 is 0 Å². The number of carbonyl (C=O) groups is 1. The van der Waals surface area contributed by atoms with Crippen LogP contribution in [0, 0.1) is 0 Å². The fraction of sp³-hybridized carbons (Fsp3) is 0.750. The molecule has 90 valence electrons. The average Bonchev–Trinajstić information content (AvgIpc) is 2.25. The van der Waals surface area contributed by atoms with Crippen LogP contribution in [-0.2, 0) is 0 Å². The van der Waals surface area contributed by atoms with E-state index in [0.29, 0.717) is 6.54 Å². The number of rotatable bonds is 3. The Morgan fingerprint density at radius 2 is 2.25 bits per heavy atom. The van der Waals surface area contributed by atoms with Crippen LogP contribution in [0.5, 0.6) is 0 Å². The van der Waals surface area contributed by atoms with E-state index in [1.54, 1.807) is 0 Å². The molecule has 0 aromatic heterocycles. The van der Waals surface area contributed by atoms with Crippen LogP contribution in [0.1, 0.15) is 38.5 Å². The number of aliphatic hydroxyl groups is 1. The number of amides is 2. The third-order valence-corrected chi connectivity index (χ3v) is 3.47. The Bertz CT molecular complexity index is 285. The quantitative estimate of drug-likeness (QED) is 0.633. The molecule has 0 spiro atoms. The lowest BCUT2D eigenvalue weighted by Crippen LogP contribution is -2.51. The molecule has 0 saturated heterocycles. The summed E-state index contributed by atoms with van der Waals surface area (Å²) in [5, 5.41) is 15.5. The second-order valence-electron chi connectivity index (χ2n) is 4.89. The number of carbonyl (C=O) groups excluding carboxylic acids is 1. The summed E-state index contributed by atoms with van der Waals surface area (Å²) in [6, 6.07) is 0.0988. The molecule has 2 aliphatic rings. The van der Waals surface area contributed by atoms with Crippen molar-refractivity contribution < 1.29 is 9.90 Å². The molecule has 1 saturated carbocycles. The highest BCUT2D eigenvalue weighted by Crippen LogP contribution is 2.30. The largest absolute Gasteiger partial charge is 0.388 e. The molecule has 4 nitrogen and oxygen atoms in total. The molecule has 2 aliphatic carbocycles. The van der Waals surface area contributed by atoms with Crippen molar-refractivity contribution in [2.75, 3.05) is 6.54 Å². The van der Waals surface area contributed by atoms with E-state index in [4.69, 9.17) is 0 Å². The van der Waals surface area contributed by atoms with Crippen LogP contribution in [-0.4, -0.2) is 29.3 Å². The van der Waals surface area contributed by atoms with Gasteiger partial charge in [0.15, 0.2) is 0 Å². The van der Waals surface area contributed by atoms with Crippen molar-refractivity contribution in [3.8, 4) is 0 Å². The van der Waals surface area contributed by atoms with Gasteiger partial charge < -0.3 is 15.7 Å². The molecule has 0 aliphatic heterocycles. The monoisotopic (exact) mass is 224 g/mol. The van der Waals surface area contributed by atoms with Crippen molar-refractivity contribution >= 4 is 6.03 Å². The third kappa shape index (κ3) is 2.98. The van der Waals surface area contributed by atoms with E-state index in [2.05, 4.69) is 22.8 Å². The minimum Gasteiger partial charge on any atom is -0.388 e. The number of urea groups is 1. The van der Waals surface area contributed by atoms with Crippen molar-refractivity contribution in [2.45, 2.75) is 50.2 Å². The molecular weight excluding hydrogens is 204 g/mol. The van der Waals surface area contributed by atoms with E-state index in [-0.39, 0.29) is 12.1 Å². The van der Waals surface area contributed by atoms with Crippen LogP contribution in [0.25, 0.3) is 0 Å². The first-order valence-corrected chi connectivity index (χ1v) is 6.10. The Kier molecular flexibility index (Phi) is 3.49. The minimum absolute atomic E-state index is 0.152. The van der Waals surface area contributed by atoms with Gasteiger partial charge in [-0.1, -0.05) is 12.2 Å². The van der Waals surface area contributed by atoms with E-state index in [9.17, 15) is 9.90 Å². The lowest BCUT2D eigenvalue weighted by Gasteiger charge is -2.36. The summed E-state index contributed by atoms with van der Waals surface area (Å²) < 4.78 is 0. The van der Waals surface area contributed by atoms with Crippen LogP contribution in [0.15, 0.2) is 12.2 Å². The molecule has 1 atom stereocenters. The Labute approximate surface area is 96.1 Å². The summed E-state index contributed by atoms with van der Waals surface area (Å²) in [6.07, 6.45) is 9.88. The lowest BCUT2D eigenvalue weighted by molar-refractivity contribution is -0.0290. The zero-order chi connectivity index (χ0) is 11.4. The molecule has 0 aromatic carbocycles. The van der Waals surface area contributed by atoms with Crippen LogP contribution in [0.3, 0.4) is 0 Å². The highest BCUT2D eigenvalue weighted by molar-refractivity contribution is 5.74. The first kappa shape index (κ1) is 11.5. The predicted molar refractivity (Wildman–Crippen MR) is 62.1 cm³/mol. The predicted octanol–water partition coefficient (Wildman–Crippen LogP) is 1.31. The Hall–Kier alpha value is -1.03. The lowest BCUT2D eigenvalue weighted by atomic mass is 9.80. The standard InChI is InChI=1S/C12H20N2O2/c15-11(13-9-12(16)7-4-8-12)14-10-5-2-1-3-6-10/h1-2,10,16H,3-9H2,(H2,13,14,15). The second kappa shape index (κ2) is 4.87. The number of nitrogens with one attached hydrogen (secondary N) is 2. The Morgan fingerprint density at radius 1 is 1.44 bits per heavy atom. The van der Waals surface area contributed by atoms with Crippen molar-refractivity contribution in [1.82, 2.24) is 10.6 Å². The number of allylic oxidation sites excluding steroid dienone is 1. The maximum atomic E-state index is 11.5. The maximum absolute atomic E-state index is 11.5. The van der Waals surface area contributed by atoms with Crippen LogP contribution in [0.4, 0.5) is 4.79 Å². The third-order valence-electron chi connectivity index (χ3n) is 3.47. The first-order valence-electron chi connectivity index (χ1n) is 6.10. The second-order valence-corrected chi connectivity index (χ2v) is 4.89. The summed E-state index contributed by atoms with van der Waals surface area (Å²) in [4.78, 5) is 11.5. The SMILES string of the molecule is O=C(NCC1(O)CCC1)NC1CC=CCC1. The van der Waals surface area contributed by atoms with Gasteiger partial charge in [0.1, 0.15) is 0 Å². The van der Waals surface area contributed by atoms with Crippen molar-refractivity contribution in [1.29, 1.82) is 0 Å². The molecule has 1 fully saturated rings. The number of hydrogen-bond donors (Lipinski definition) is 3. The molecule has 3 N–H and O–H groups in total. The zero-order valence-electron chi connectivity index (χ0n) is 9.54. The summed E-state index contributed by atoms with van der Waals surface area (Å²) in [6.45, 7) is 0.376.